The van der Waals surface area contributed by atoms with Crippen LogP contribution in [0.3, 0.4) is 0 Å². The molecule has 0 atom stereocenters. The Morgan fingerprint density at radius 1 is 1.31 bits per heavy atom. The molecule has 0 radical (unpaired) electrons. The summed E-state index contributed by atoms with van der Waals surface area (Å²) in [5.41, 5.74) is 3.05. The summed E-state index contributed by atoms with van der Waals surface area (Å²) in [5, 5.41) is 2.82. The number of fused-ring (bicyclic) bond motifs is 1. The second-order valence-corrected chi connectivity index (χ2v) is 6.63. The summed E-state index contributed by atoms with van der Waals surface area (Å²) in [4.78, 5) is 7.80. The Hall–Kier alpha value is -0.590. The second-order valence-electron chi connectivity index (χ2n) is 3.39. The van der Waals surface area contributed by atoms with Crippen LogP contribution in [0.1, 0.15) is 0 Å². The lowest BCUT2D eigenvalue weighted by molar-refractivity contribution is 1.35. The van der Waals surface area contributed by atoms with Crippen LogP contribution in [0, 0.1) is 2.88 Å². The van der Waals surface area contributed by atoms with Gasteiger partial charge in [-0.25, -0.2) is 4.98 Å². The number of imidazole rings is 1. The van der Waals surface area contributed by atoms with E-state index in [2.05, 4.69) is 44.0 Å². The van der Waals surface area contributed by atoms with E-state index in [1.807, 2.05) is 18.2 Å². The number of thiophene rings is 1. The van der Waals surface area contributed by atoms with Crippen molar-refractivity contribution in [2.45, 2.75) is 0 Å². The maximum absolute atomic E-state index is 5.93. The number of rotatable bonds is 1. The molecule has 3 rings (SSSR count). The Balaban J connectivity index is 2.18. The first-order valence-corrected chi connectivity index (χ1v) is 6.96. The molecular weight excluding hydrogens is 355 g/mol. The summed E-state index contributed by atoms with van der Waals surface area (Å²) in [6, 6.07) is 7.79. The molecule has 2 nitrogen and oxygen atoms in total. The first-order valence-electron chi connectivity index (χ1n) is 4.62. The molecule has 3 aromatic rings. The van der Waals surface area contributed by atoms with E-state index in [9.17, 15) is 0 Å². The monoisotopic (exact) mass is 360 g/mol. The van der Waals surface area contributed by atoms with Crippen LogP contribution in [-0.4, -0.2) is 9.97 Å². The molecule has 0 saturated carbocycles. The smallest absolute Gasteiger partial charge is 0.139 e. The summed E-state index contributed by atoms with van der Waals surface area (Å²) in [7, 11) is 0. The molecule has 1 aromatic carbocycles. The number of aromatic amines is 1. The molecule has 0 aliphatic heterocycles. The van der Waals surface area contributed by atoms with Gasteiger partial charge in [-0.3, -0.25) is 0 Å². The number of H-pyrrole nitrogens is 1. The van der Waals surface area contributed by atoms with Crippen LogP contribution in [0.2, 0.25) is 5.02 Å². The van der Waals surface area contributed by atoms with E-state index in [1.54, 1.807) is 11.3 Å². The maximum Gasteiger partial charge on any atom is 0.139 e. The predicted octanol–water partition coefficient (Wildman–Crippen LogP) is 4.55. The number of aromatic nitrogens is 2. The largest absolute Gasteiger partial charge is 0.338 e. The lowest BCUT2D eigenvalue weighted by Crippen LogP contribution is -1.74. The topological polar surface area (TPSA) is 28.7 Å². The van der Waals surface area contributed by atoms with Crippen molar-refractivity contribution in [2.24, 2.45) is 0 Å². The third kappa shape index (κ3) is 1.85. The molecule has 0 amide bonds. The number of nitrogens with zero attached hydrogens (tertiary/aromatic N) is 1. The van der Waals surface area contributed by atoms with Crippen LogP contribution >= 0.6 is 45.5 Å². The fourth-order valence-corrected chi connectivity index (χ4v) is 3.06. The Kier molecular flexibility index (Phi) is 2.65. The summed E-state index contributed by atoms with van der Waals surface area (Å²) in [5.74, 6) is 0.899. The summed E-state index contributed by atoms with van der Waals surface area (Å²) < 4.78 is 1.26. The SMILES string of the molecule is Clc1ccc2nc(-c3csc(I)c3)[nH]c2c1. The van der Waals surface area contributed by atoms with E-state index in [-0.39, 0.29) is 0 Å². The van der Waals surface area contributed by atoms with Gasteiger partial charge in [0, 0.05) is 16.0 Å². The molecular formula is C11H6ClIN2S. The Morgan fingerprint density at radius 2 is 2.19 bits per heavy atom. The molecule has 0 fully saturated rings. The van der Waals surface area contributed by atoms with Gasteiger partial charge in [0.25, 0.3) is 0 Å². The standard InChI is InChI=1S/C11H6ClIN2S/c12-7-1-2-8-9(4-7)15-11(14-8)6-3-10(13)16-5-6/h1-5H,(H,14,15). The molecule has 1 N–H and O–H groups in total. The van der Waals surface area contributed by atoms with Crippen LogP contribution in [0.15, 0.2) is 29.6 Å². The highest BCUT2D eigenvalue weighted by molar-refractivity contribution is 14.1. The minimum atomic E-state index is 0.725. The number of benzene rings is 1. The maximum atomic E-state index is 5.93. The predicted molar refractivity (Wildman–Crippen MR) is 77.1 cm³/mol. The zero-order valence-corrected chi connectivity index (χ0v) is 11.7. The van der Waals surface area contributed by atoms with Crippen molar-refractivity contribution < 1.29 is 0 Å². The van der Waals surface area contributed by atoms with Crippen molar-refractivity contribution in [1.29, 1.82) is 0 Å². The third-order valence-corrected chi connectivity index (χ3v) is 4.31. The van der Waals surface area contributed by atoms with E-state index in [0.29, 0.717) is 0 Å². The van der Waals surface area contributed by atoms with Gasteiger partial charge in [-0.1, -0.05) is 11.6 Å². The average molecular weight is 361 g/mol. The molecule has 80 valence electrons. The normalized spacial score (nSPS) is 11.1. The van der Waals surface area contributed by atoms with Crippen molar-refractivity contribution in [3.63, 3.8) is 0 Å². The highest BCUT2D eigenvalue weighted by Crippen LogP contribution is 2.27. The molecule has 0 spiro atoms. The molecule has 2 heterocycles. The summed E-state index contributed by atoms with van der Waals surface area (Å²) >= 11 is 9.95. The van der Waals surface area contributed by atoms with Crippen molar-refractivity contribution >= 4 is 56.6 Å². The van der Waals surface area contributed by atoms with E-state index in [4.69, 9.17) is 11.6 Å². The van der Waals surface area contributed by atoms with Gasteiger partial charge in [-0.05, 0) is 46.9 Å². The van der Waals surface area contributed by atoms with Gasteiger partial charge in [0.05, 0.1) is 13.9 Å². The average Bonchev–Trinajstić information content (AvgIpc) is 2.83. The molecule has 5 heteroatoms. The van der Waals surface area contributed by atoms with Gasteiger partial charge in [-0.2, -0.15) is 0 Å². The van der Waals surface area contributed by atoms with Crippen LogP contribution < -0.4 is 0 Å². The van der Waals surface area contributed by atoms with Crippen LogP contribution in [0.4, 0.5) is 0 Å². The molecule has 2 aromatic heterocycles. The fourth-order valence-electron chi connectivity index (χ4n) is 1.55. The van der Waals surface area contributed by atoms with Gasteiger partial charge in [-0.15, -0.1) is 11.3 Å². The van der Waals surface area contributed by atoms with Crippen molar-refractivity contribution in [1.82, 2.24) is 9.97 Å². The number of nitrogens with one attached hydrogen (secondary N) is 1. The first-order chi connectivity index (χ1) is 7.72. The third-order valence-electron chi connectivity index (χ3n) is 2.28. The van der Waals surface area contributed by atoms with E-state index in [0.717, 1.165) is 27.4 Å². The quantitative estimate of drug-likeness (QED) is 0.634. The second kappa shape index (κ2) is 4.01. The Morgan fingerprint density at radius 3 is 2.94 bits per heavy atom. The number of hydrogen-bond acceptors (Lipinski definition) is 2. The molecule has 0 saturated heterocycles. The fraction of sp³-hybridized carbons (Fsp3) is 0. The summed E-state index contributed by atoms with van der Waals surface area (Å²) in [6.07, 6.45) is 0. The van der Waals surface area contributed by atoms with Crippen molar-refractivity contribution in [3.05, 3.63) is 37.6 Å². The Bertz CT molecular complexity index is 659. The van der Waals surface area contributed by atoms with Crippen LogP contribution in [0.25, 0.3) is 22.4 Å². The summed E-state index contributed by atoms with van der Waals surface area (Å²) in [6.45, 7) is 0. The van der Waals surface area contributed by atoms with Gasteiger partial charge < -0.3 is 4.98 Å². The van der Waals surface area contributed by atoms with Crippen LogP contribution in [0.5, 0.6) is 0 Å². The molecule has 0 unspecified atom stereocenters. The van der Waals surface area contributed by atoms with E-state index >= 15 is 0 Å². The molecule has 0 aliphatic carbocycles. The van der Waals surface area contributed by atoms with Crippen LogP contribution in [-0.2, 0) is 0 Å². The Labute approximate surface area is 115 Å². The minimum absolute atomic E-state index is 0.725. The first kappa shape index (κ1) is 10.6. The molecule has 16 heavy (non-hydrogen) atoms. The minimum Gasteiger partial charge on any atom is -0.338 e. The molecule has 0 aliphatic rings. The van der Waals surface area contributed by atoms with Gasteiger partial charge in [0.1, 0.15) is 5.82 Å². The lowest BCUT2D eigenvalue weighted by atomic mass is 10.3. The number of halogens is 2. The zero-order valence-electron chi connectivity index (χ0n) is 8.00. The van der Waals surface area contributed by atoms with Crippen molar-refractivity contribution in [2.75, 3.05) is 0 Å². The number of hydrogen-bond donors (Lipinski definition) is 1. The molecule has 0 bridgehead atoms. The van der Waals surface area contributed by atoms with E-state index in [1.165, 1.54) is 2.88 Å². The lowest BCUT2D eigenvalue weighted by Gasteiger charge is -1.88. The van der Waals surface area contributed by atoms with Gasteiger partial charge in [0.15, 0.2) is 0 Å². The highest BCUT2D eigenvalue weighted by Gasteiger charge is 2.07. The zero-order chi connectivity index (χ0) is 11.1. The van der Waals surface area contributed by atoms with E-state index < -0.39 is 0 Å². The highest BCUT2D eigenvalue weighted by atomic mass is 127. The van der Waals surface area contributed by atoms with Gasteiger partial charge >= 0.3 is 0 Å². The van der Waals surface area contributed by atoms with Gasteiger partial charge in [0.2, 0.25) is 0 Å². The van der Waals surface area contributed by atoms with Crippen molar-refractivity contribution in [3.8, 4) is 11.4 Å².